The molecule has 28 heavy (non-hydrogen) atoms. The van der Waals surface area contributed by atoms with E-state index in [1.54, 1.807) is 0 Å². The number of aromatic nitrogens is 2. The molecule has 1 saturated heterocycles. The zero-order chi connectivity index (χ0) is 22.1. The number of nitrogens with zero attached hydrogens (tertiary/aromatic N) is 1. The Kier molecular flexibility index (Phi) is 16.6. The highest BCUT2D eigenvalue weighted by atomic mass is 16.6. The van der Waals surface area contributed by atoms with Crippen molar-refractivity contribution in [1.29, 1.82) is 0 Å². The first-order valence-electron chi connectivity index (χ1n) is 8.69. The number of rotatable bonds is 4. The third-order valence-electron chi connectivity index (χ3n) is 3.12. The van der Waals surface area contributed by atoms with Gasteiger partial charge in [-0.15, -0.1) is 6.42 Å². The Morgan fingerprint density at radius 2 is 1.93 bits per heavy atom. The quantitative estimate of drug-likeness (QED) is 0.382. The Labute approximate surface area is 164 Å². The number of hydrogen-bond acceptors (Lipinski definition) is 8. The van der Waals surface area contributed by atoms with Crippen LogP contribution in [0.1, 0.15) is 44.9 Å². The minimum absolute atomic E-state index is 0.0520. The maximum atomic E-state index is 11.8. The molecule has 2 unspecified atom stereocenters. The summed E-state index contributed by atoms with van der Waals surface area (Å²) in [7, 11) is 2.00. The van der Waals surface area contributed by atoms with Crippen molar-refractivity contribution in [2.24, 2.45) is 5.73 Å². The zero-order valence-corrected chi connectivity index (χ0v) is 16.8. The molecular weight excluding hydrogens is 370 g/mol. The Bertz CT molecular complexity index is 706. The summed E-state index contributed by atoms with van der Waals surface area (Å²) in [5.74, 6) is 1.69. The zero-order valence-electron chi connectivity index (χ0n) is 16.8. The first-order chi connectivity index (χ1) is 13.5. The van der Waals surface area contributed by atoms with Crippen LogP contribution in [0.3, 0.4) is 0 Å². The summed E-state index contributed by atoms with van der Waals surface area (Å²) in [6.45, 7) is 4.13. The molecule has 5 N–H and O–H groups in total. The number of carbonyl (C=O) groups is 1. The van der Waals surface area contributed by atoms with Crippen LogP contribution in [-0.4, -0.2) is 59.2 Å². The van der Waals surface area contributed by atoms with Crippen molar-refractivity contribution < 1.29 is 24.5 Å². The summed E-state index contributed by atoms with van der Waals surface area (Å²) < 4.78 is 11.7. The van der Waals surface area contributed by atoms with Gasteiger partial charge >= 0.3 is 11.7 Å². The maximum absolute atomic E-state index is 11.8. The number of ether oxygens (including phenoxy) is 2. The van der Waals surface area contributed by atoms with Crippen LogP contribution < -0.4 is 17.0 Å². The second-order valence-electron chi connectivity index (χ2n) is 5.24. The fourth-order valence-corrected chi connectivity index (χ4v) is 2.06. The van der Waals surface area contributed by atoms with Gasteiger partial charge < -0.3 is 25.4 Å². The smallest absolute Gasteiger partial charge is 0.330 e. The van der Waals surface area contributed by atoms with Gasteiger partial charge in [-0.25, -0.2) is 4.79 Å². The molecular formula is C18H31N3O7. The maximum Gasteiger partial charge on any atom is 0.330 e. The number of esters is 1. The molecule has 10 heteroatoms. The van der Waals surface area contributed by atoms with Gasteiger partial charge in [-0.05, 0) is 12.8 Å². The van der Waals surface area contributed by atoms with Crippen LogP contribution >= 0.6 is 0 Å². The van der Waals surface area contributed by atoms with Gasteiger partial charge in [0.05, 0.1) is 12.6 Å². The van der Waals surface area contributed by atoms with Crippen molar-refractivity contribution in [3.05, 3.63) is 32.6 Å². The highest BCUT2D eigenvalue weighted by Crippen LogP contribution is 2.27. The third kappa shape index (κ3) is 9.48. The Morgan fingerprint density at radius 3 is 2.43 bits per heavy atom. The molecule has 0 bridgehead atoms. The predicted molar refractivity (Wildman–Crippen MR) is 105 cm³/mol. The van der Waals surface area contributed by atoms with Gasteiger partial charge in [0.2, 0.25) is 0 Å². The molecule has 0 aromatic carbocycles. The van der Waals surface area contributed by atoms with E-state index in [1.807, 2.05) is 0 Å². The van der Waals surface area contributed by atoms with E-state index in [4.69, 9.17) is 31.8 Å². The Balaban J connectivity index is 0. The topological polar surface area (TPSA) is 157 Å². The molecule has 0 saturated carbocycles. The Hall–Kier alpha value is -2.45. The van der Waals surface area contributed by atoms with E-state index in [-0.39, 0.29) is 24.8 Å². The van der Waals surface area contributed by atoms with E-state index >= 15 is 0 Å². The van der Waals surface area contributed by atoms with E-state index in [1.165, 1.54) is 17.2 Å². The van der Waals surface area contributed by atoms with Gasteiger partial charge in [-0.2, -0.15) is 0 Å². The predicted octanol–water partition coefficient (Wildman–Crippen LogP) is -0.669. The van der Waals surface area contributed by atoms with Gasteiger partial charge in [0.1, 0.15) is 18.4 Å². The second-order valence-corrected chi connectivity index (χ2v) is 5.24. The largest absolute Gasteiger partial charge is 0.462 e. The van der Waals surface area contributed by atoms with Crippen molar-refractivity contribution in [3.63, 3.8) is 0 Å². The van der Waals surface area contributed by atoms with Gasteiger partial charge in [0.25, 0.3) is 5.56 Å². The van der Waals surface area contributed by atoms with Crippen LogP contribution in [0.2, 0.25) is 0 Å². The highest BCUT2D eigenvalue weighted by molar-refractivity contribution is 5.71. The number of nitrogens with one attached hydrogen (secondary N) is 1. The molecule has 0 radical (unpaired) electrons. The number of H-pyrrole nitrogens is 1. The van der Waals surface area contributed by atoms with Crippen molar-refractivity contribution in [2.75, 3.05) is 27.4 Å². The summed E-state index contributed by atoms with van der Waals surface area (Å²) >= 11 is 0. The van der Waals surface area contributed by atoms with Crippen LogP contribution in [0, 0.1) is 12.3 Å². The lowest BCUT2D eigenvalue weighted by molar-refractivity contribution is -0.146. The lowest BCUT2D eigenvalue weighted by atomic mass is 10.2. The van der Waals surface area contributed by atoms with E-state index < -0.39 is 23.4 Å². The molecule has 0 spiro atoms. The van der Waals surface area contributed by atoms with Crippen LogP contribution in [0.4, 0.5) is 0 Å². The molecule has 0 aliphatic carbocycles. The standard InChI is InChI=1S/C13H15N3O5.C3H8.2CH4O/c1-2-8-6-16(13(19)15-12(8)18)10-4-3-9(21-10)7-20-11(17)5-14;1-3-2;2*1-2/h1,6,9-10H,3-5,7,14H2,(H,15,18,19);3H2,1-2H3;2*2H,1H3. The molecule has 1 fully saturated rings. The van der Waals surface area contributed by atoms with E-state index in [0.29, 0.717) is 12.8 Å². The normalized spacial score (nSPS) is 16.8. The van der Waals surface area contributed by atoms with Crippen molar-refractivity contribution in [1.82, 2.24) is 9.55 Å². The Morgan fingerprint density at radius 1 is 1.36 bits per heavy atom. The summed E-state index contributed by atoms with van der Waals surface area (Å²) in [5.41, 5.74) is 3.98. The van der Waals surface area contributed by atoms with Crippen LogP contribution in [0.5, 0.6) is 0 Å². The number of nitrogens with two attached hydrogens (primary N) is 1. The molecule has 0 amide bonds. The molecule has 2 atom stereocenters. The monoisotopic (exact) mass is 401 g/mol. The first kappa shape index (κ1) is 27.8. The molecule has 2 heterocycles. The molecule has 1 aliphatic rings. The third-order valence-corrected chi connectivity index (χ3v) is 3.12. The first-order valence-corrected chi connectivity index (χ1v) is 8.69. The summed E-state index contributed by atoms with van der Waals surface area (Å²) in [6, 6.07) is 0. The van der Waals surface area contributed by atoms with E-state index in [2.05, 4.69) is 24.8 Å². The summed E-state index contributed by atoms with van der Waals surface area (Å²) in [5, 5.41) is 14.0. The van der Waals surface area contributed by atoms with Crippen molar-refractivity contribution in [3.8, 4) is 12.3 Å². The second kappa shape index (κ2) is 16.7. The van der Waals surface area contributed by atoms with Gasteiger partial charge in [0.15, 0.2) is 0 Å². The molecule has 2 rings (SSSR count). The summed E-state index contributed by atoms with van der Waals surface area (Å²) in [6.07, 6.45) is 8.02. The number of aliphatic hydroxyl groups excluding tert-OH is 2. The van der Waals surface area contributed by atoms with Crippen LogP contribution in [0.15, 0.2) is 15.8 Å². The van der Waals surface area contributed by atoms with Crippen LogP contribution in [-0.2, 0) is 14.3 Å². The van der Waals surface area contributed by atoms with E-state index in [9.17, 15) is 14.4 Å². The number of hydrogen-bond donors (Lipinski definition) is 4. The van der Waals surface area contributed by atoms with Gasteiger partial charge in [-0.1, -0.05) is 26.2 Å². The molecule has 10 nitrogen and oxygen atoms in total. The number of aromatic amines is 1. The molecule has 1 aliphatic heterocycles. The van der Waals surface area contributed by atoms with Crippen molar-refractivity contribution in [2.45, 2.75) is 45.4 Å². The average molecular weight is 401 g/mol. The lowest BCUT2D eigenvalue weighted by Crippen LogP contribution is -2.34. The minimum atomic E-state index is -0.606. The molecule has 1 aromatic rings. The summed E-state index contributed by atoms with van der Waals surface area (Å²) in [4.78, 5) is 36.3. The minimum Gasteiger partial charge on any atom is -0.462 e. The number of terminal acetylenes is 1. The van der Waals surface area contributed by atoms with E-state index in [0.717, 1.165) is 14.2 Å². The number of carbonyl (C=O) groups excluding carboxylic acids is 1. The average Bonchev–Trinajstić information content (AvgIpc) is 3.18. The molecule has 1 aromatic heterocycles. The number of aliphatic hydroxyl groups is 2. The SMILES string of the molecule is C#Cc1cn(C2CCC(COC(=O)CN)O2)c(=O)[nH]c1=O.CCC.CO.CO. The van der Waals surface area contributed by atoms with Crippen molar-refractivity contribution >= 4 is 5.97 Å². The molecule has 160 valence electrons. The fraction of sp³-hybridized carbons (Fsp3) is 0.611. The van der Waals surface area contributed by atoms with Gasteiger partial charge in [-0.3, -0.25) is 19.1 Å². The van der Waals surface area contributed by atoms with Crippen LogP contribution in [0.25, 0.3) is 0 Å². The van der Waals surface area contributed by atoms with Gasteiger partial charge in [0, 0.05) is 20.4 Å². The lowest BCUT2D eigenvalue weighted by Gasteiger charge is -2.15. The highest BCUT2D eigenvalue weighted by Gasteiger charge is 2.28. The fourth-order valence-electron chi connectivity index (χ4n) is 2.06.